The van der Waals surface area contributed by atoms with Gasteiger partial charge in [0, 0.05) is 37.8 Å². The highest BCUT2D eigenvalue weighted by molar-refractivity contribution is 6.02. The van der Waals surface area contributed by atoms with Crippen LogP contribution >= 0.6 is 0 Å². The number of benzene rings is 1. The Balaban J connectivity index is 0.000000405. The fraction of sp³-hybridized carbons (Fsp3) is 0.462. The molecule has 0 spiro atoms. The summed E-state index contributed by atoms with van der Waals surface area (Å²) in [4.78, 5) is 32.0. The van der Waals surface area contributed by atoms with E-state index >= 15 is 0 Å². The number of carboxylic acids is 1. The standard InChI is InChI=1S/C24H29N5O.C2HF3O2/c1-17(2)28-14-11-19-21(16-28)29-23(22(19)24(30)27-12-7-4-8-13-27)26-20(15-25-29)18-9-5-3-6-10-18;3-2(4,5)1(6)7/h3,5-6,9-10,15,17H,4,7-8,11-14,16H2,1-2H3;(H,6,7). The molecule has 0 bridgehead atoms. The van der Waals surface area contributed by atoms with Crippen LogP contribution in [0.4, 0.5) is 13.2 Å². The highest BCUT2D eigenvalue weighted by atomic mass is 19.4. The highest BCUT2D eigenvalue weighted by Gasteiger charge is 2.38. The fourth-order valence-corrected chi connectivity index (χ4v) is 4.75. The number of aliphatic carboxylic acids is 1. The fourth-order valence-electron chi connectivity index (χ4n) is 4.75. The minimum absolute atomic E-state index is 0.131. The average Bonchev–Trinajstić information content (AvgIpc) is 3.22. The Kier molecular flexibility index (Phi) is 7.82. The van der Waals surface area contributed by atoms with Gasteiger partial charge in [-0.2, -0.15) is 18.3 Å². The van der Waals surface area contributed by atoms with Crippen LogP contribution in [0, 0.1) is 0 Å². The molecule has 1 N–H and O–H groups in total. The Labute approximate surface area is 212 Å². The minimum atomic E-state index is -5.08. The van der Waals surface area contributed by atoms with E-state index in [9.17, 15) is 18.0 Å². The monoisotopic (exact) mass is 517 g/mol. The third-order valence-electron chi connectivity index (χ3n) is 6.75. The van der Waals surface area contributed by atoms with E-state index in [1.165, 1.54) is 6.42 Å². The van der Waals surface area contributed by atoms with Gasteiger partial charge in [0.1, 0.15) is 0 Å². The van der Waals surface area contributed by atoms with Gasteiger partial charge in [-0.15, -0.1) is 0 Å². The van der Waals surface area contributed by atoms with Crippen molar-refractivity contribution in [3.05, 3.63) is 53.3 Å². The molecule has 0 aliphatic carbocycles. The Morgan fingerprint density at radius 1 is 1.03 bits per heavy atom. The van der Waals surface area contributed by atoms with Crippen LogP contribution in [-0.4, -0.2) is 73.2 Å². The lowest BCUT2D eigenvalue weighted by Crippen LogP contribution is -2.38. The lowest BCUT2D eigenvalue weighted by molar-refractivity contribution is -0.192. The van der Waals surface area contributed by atoms with Crippen LogP contribution in [0.2, 0.25) is 0 Å². The molecule has 1 aromatic carbocycles. The van der Waals surface area contributed by atoms with E-state index in [-0.39, 0.29) is 5.91 Å². The molecule has 2 aliphatic heterocycles. The first-order chi connectivity index (χ1) is 17.6. The molecular weight excluding hydrogens is 487 g/mol. The molecule has 0 radical (unpaired) electrons. The largest absolute Gasteiger partial charge is 0.490 e. The van der Waals surface area contributed by atoms with E-state index < -0.39 is 12.1 Å². The summed E-state index contributed by atoms with van der Waals surface area (Å²) < 4.78 is 33.7. The average molecular weight is 518 g/mol. The van der Waals surface area contributed by atoms with E-state index in [2.05, 4.69) is 18.7 Å². The van der Waals surface area contributed by atoms with Crippen LogP contribution in [0.5, 0.6) is 0 Å². The van der Waals surface area contributed by atoms with Crippen molar-refractivity contribution in [1.82, 2.24) is 24.4 Å². The quantitative estimate of drug-likeness (QED) is 0.553. The third kappa shape index (κ3) is 5.76. The number of nitrogens with zero attached hydrogens (tertiary/aromatic N) is 5. The van der Waals surface area contributed by atoms with Crippen LogP contribution in [0.25, 0.3) is 16.9 Å². The first kappa shape index (κ1) is 26.6. The molecule has 11 heteroatoms. The number of carbonyl (C=O) groups excluding carboxylic acids is 1. The molecule has 198 valence electrons. The molecule has 1 fully saturated rings. The van der Waals surface area contributed by atoms with Crippen molar-refractivity contribution in [2.45, 2.75) is 58.3 Å². The molecular formula is C26H30F3N5O3. The van der Waals surface area contributed by atoms with Crippen molar-refractivity contribution >= 4 is 17.5 Å². The van der Waals surface area contributed by atoms with Gasteiger partial charge in [-0.1, -0.05) is 30.3 Å². The number of piperidine rings is 1. The minimum Gasteiger partial charge on any atom is -0.475 e. The van der Waals surface area contributed by atoms with Crippen molar-refractivity contribution in [2.75, 3.05) is 19.6 Å². The van der Waals surface area contributed by atoms with Crippen LogP contribution in [0.15, 0.2) is 36.5 Å². The molecule has 2 aliphatic rings. The van der Waals surface area contributed by atoms with Gasteiger partial charge in [0.05, 0.1) is 23.1 Å². The molecule has 5 rings (SSSR count). The maximum atomic E-state index is 13.6. The van der Waals surface area contributed by atoms with E-state index in [0.29, 0.717) is 11.7 Å². The lowest BCUT2D eigenvalue weighted by Gasteiger charge is -2.31. The predicted octanol–water partition coefficient (Wildman–Crippen LogP) is 4.42. The summed E-state index contributed by atoms with van der Waals surface area (Å²) >= 11 is 0. The zero-order chi connectivity index (χ0) is 26.7. The second-order valence-corrected chi connectivity index (χ2v) is 9.51. The van der Waals surface area contributed by atoms with E-state index in [1.54, 1.807) is 0 Å². The molecule has 8 nitrogen and oxygen atoms in total. The number of carbonyl (C=O) groups is 2. The molecule has 3 aromatic rings. The number of alkyl halides is 3. The van der Waals surface area contributed by atoms with Gasteiger partial charge in [0.2, 0.25) is 0 Å². The molecule has 0 saturated carbocycles. The molecule has 37 heavy (non-hydrogen) atoms. The van der Waals surface area contributed by atoms with Crippen molar-refractivity contribution in [2.24, 2.45) is 0 Å². The first-order valence-corrected chi connectivity index (χ1v) is 12.4. The summed E-state index contributed by atoms with van der Waals surface area (Å²) in [6, 6.07) is 10.5. The number of hydrogen-bond acceptors (Lipinski definition) is 5. The van der Waals surface area contributed by atoms with E-state index in [0.717, 1.165) is 73.5 Å². The van der Waals surface area contributed by atoms with Crippen molar-refractivity contribution in [3.63, 3.8) is 0 Å². The van der Waals surface area contributed by atoms with Crippen LogP contribution in [-0.2, 0) is 17.8 Å². The number of aromatic nitrogens is 3. The lowest BCUT2D eigenvalue weighted by atomic mass is 10.00. The summed E-state index contributed by atoms with van der Waals surface area (Å²) in [5.74, 6) is -2.63. The first-order valence-electron chi connectivity index (χ1n) is 12.4. The van der Waals surface area contributed by atoms with Crippen LogP contribution in [0.1, 0.15) is 54.7 Å². The summed E-state index contributed by atoms with van der Waals surface area (Å²) in [7, 11) is 0. The second-order valence-electron chi connectivity index (χ2n) is 9.51. The number of rotatable bonds is 3. The number of hydrogen-bond donors (Lipinski definition) is 1. The van der Waals surface area contributed by atoms with Gasteiger partial charge < -0.3 is 10.0 Å². The zero-order valence-electron chi connectivity index (χ0n) is 20.8. The Morgan fingerprint density at radius 3 is 2.27 bits per heavy atom. The SMILES string of the molecule is CC(C)N1CCc2c(C(=O)N3CCCCC3)c3nc(-c4ccccc4)cnn3c2C1.O=C(O)C(F)(F)F. The van der Waals surface area contributed by atoms with Crippen LogP contribution in [0.3, 0.4) is 0 Å². The number of likely N-dealkylation sites (tertiary alicyclic amines) is 1. The normalized spacial score (nSPS) is 16.3. The third-order valence-corrected chi connectivity index (χ3v) is 6.75. The molecule has 4 heterocycles. The maximum absolute atomic E-state index is 13.6. The Morgan fingerprint density at radius 2 is 1.68 bits per heavy atom. The number of amides is 1. The Bertz CT molecular complexity index is 1270. The molecule has 0 unspecified atom stereocenters. The topological polar surface area (TPSA) is 91.0 Å². The van der Waals surface area contributed by atoms with Crippen molar-refractivity contribution < 1.29 is 27.9 Å². The van der Waals surface area contributed by atoms with E-state index in [4.69, 9.17) is 20.0 Å². The van der Waals surface area contributed by atoms with Gasteiger partial charge in [0.15, 0.2) is 5.65 Å². The molecule has 1 amide bonds. The van der Waals surface area contributed by atoms with Gasteiger partial charge in [-0.25, -0.2) is 14.3 Å². The smallest absolute Gasteiger partial charge is 0.475 e. The Hall–Kier alpha value is -3.47. The number of fused-ring (bicyclic) bond motifs is 3. The van der Waals surface area contributed by atoms with Crippen molar-refractivity contribution in [1.29, 1.82) is 0 Å². The van der Waals surface area contributed by atoms with Gasteiger partial charge in [0.25, 0.3) is 5.91 Å². The summed E-state index contributed by atoms with van der Waals surface area (Å²) in [6.45, 7) is 7.90. The molecule has 1 saturated heterocycles. The van der Waals surface area contributed by atoms with Crippen LogP contribution < -0.4 is 0 Å². The second kappa shape index (κ2) is 10.9. The van der Waals surface area contributed by atoms with Gasteiger partial charge >= 0.3 is 12.1 Å². The van der Waals surface area contributed by atoms with Gasteiger partial charge in [-0.3, -0.25) is 9.69 Å². The zero-order valence-corrected chi connectivity index (χ0v) is 20.8. The van der Waals surface area contributed by atoms with Gasteiger partial charge in [-0.05, 0) is 45.1 Å². The summed E-state index contributed by atoms with van der Waals surface area (Å²) in [5.41, 5.74) is 5.59. The maximum Gasteiger partial charge on any atom is 0.490 e. The summed E-state index contributed by atoms with van der Waals surface area (Å²) in [6.07, 6.45) is 0.990. The molecule has 0 atom stereocenters. The molecule has 2 aromatic heterocycles. The number of carboxylic acid groups (broad SMARTS) is 1. The highest BCUT2D eigenvalue weighted by Crippen LogP contribution is 2.31. The van der Waals surface area contributed by atoms with Crippen molar-refractivity contribution in [3.8, 4) is 11.3 Å². The van der Waals surface area contributed by atoms with E-state index in [1.807, 2.05) is 45.9 Å². The predicted molar refractivity (Wildman–Crippen MR) is 131 cm³/mol. The number of halogens is 3. The summed E-state index contributed by atoms with van der Waals surface area (Å²) in [5, 5.41) is 11.9.